The van der Waals surface area contributed by atoms with E-state index in [4.69, 9.17) is 11.5 Å². The van der Waals surface area contributed by atoms with Crippen LogP contribution in [-0.2, 0) is 15.6 Å². The van der Waals surface area contributed by atoms with Crippen LogP contribution < -0.4 is 21.8 Å². The molecule has 1 rings (SSSR count). The predicted octanol–water partition coefficient (Wildman–Crippen LogP) is 0.991. The topological polar surface area (TPSA) is 159 Å². The number of thiazole rings is 1. The van der Waals surface area contributed by atoms with Crippen LogP contribution in [0, 0.1) is 0 Å². The second-order valence-electron chi connectivity index (χ2n) is 5.89. The maximum absolute atomic E-state index is 12.9. The molecule has 0 atom stereocenters. The van der Waals surface area contributed by atoms with Crippen LogP contribution in [0.15, 0.2) is 15.4 Å². The molecule has 1 aromatic rings. The van der Waals surface area contributed by atoms with Crippen molar-refractivity contribution in [3.8, 4) is 0 Å². The van der Waals surface area contributed by atoms with E-state index in [2.05, 4.69) is 20.3 Å². The molecule has 1 aromatic heterocycles. The van der Waals surface area contributed by atoms with Crippen LogP contribution in [0.3, 0.4) is 0 Å². The fraction of sp³-hybridized carbons (Fsp3) is 0.615. The van der Waals surface area contributed by atoms with Crippen molar-refractivity contribution in [1.82, 2.24) is 10.3 Å². The molecule has 0 spiro atoms. The Bertz CT molecular complexity index is 890. The number of alkyl halides is 5. The van der Waals surface area contributed by atoms with Crippen molar-refractivity contribution in [3.05, 3.63) is 11.1 Å². The van der Waals surface area contributed by atoms with Crippen molar-refractivity contribution >= 4 is 50.0 Å². The third-order valence-corrected chi connectivity index (χ3v) is 5.52. The number of thioether (sulfide) groups is 1. The van der Waals surface area contributed by atoms with Gasteiger partial charge in [-0.3, -0.25) is 5.21 Å². The Morgan fingerprint density at radius 2 is 1.97 bits per heavy atom. The molecule has 1 heterocycles. The summed E-state index contributed by atoms with van der Waals surface area (Å²) in [6.07, 6.45) is -4.77. The van der Waals surface area contributed by atoms with Gasteiger partial charge < -0.3 is 16.8 Å². The molecule has 0 amide bonds. The lowest BCUT2D eigenvalue weighted by molar-refractivity contribution is -0.276. The second kappa shape index (κ2) is 11.1. The van der Waals surface area contributed by atoms with Gasteiger partial charge in [-0.1, -0.05) is 0 Å². The van der Waals surface area contributed by atoms with Crippen molar-refractivity contribution in [3.63, 3.8) is 0 Å². The molecule has 10 nitrogen and oxygen atoms in total. The van der Waals surface area contributed by atoms with Crippen molar-refractivity contribution < 1.29 is 35.6 Å². The van der Waals surface area contributed by atoms with Gasteiger partial charge in [0.1, 0.15) is 12.4 Å². The number of hydrogen-bond acceptors (Lipinski definition) is 8. The Balaban J connectivity index is 2.48. The largest absolute Gasteiger partial charge is 0.455 e. The quantitative estimate of drug-likeness (QED) is 0.118. The highest BCUT2D eigenvalue weighted by Gasteiger charge is 2.57. The Labute approximate surface area is 182 Å². The fourth-order valence-electron chi connectivity index (χ4n) is 1.57. The molecule has 0 saturated carbocycles. The SMILES string of the molecule is CS(=O)(=O)CN=C(N)NCCSCc1csc(N(O)C(N)=NCC(F)(F)C(F)(F)F)n1. The molecule has 0 radical (unpaired) electrons. The number of rotatable bonds is 10. The van der Waals surface area contributed by atoms with Gasteiger partial charge in [-0.05, 0) is 0 Å². The van der Waals surface area contributed by atoms with Gasteiger partial charge in [0.15, 0.2) is 15.8 Å². The van der Waals surface area contributed by atoms with Gasteiger partial charge in [-0.15, -0.1) is 11.3 Å². The highest BCUT2D eigenvalue weighted by atomic mass is 32.2. The van der Waals surface area contributed by atoms with E-state index < -0.39 is 40.3 Å². The average Bonchev–Trinajstić information content (AvgIpc) is 3.11. The predicted molar refractivity (Wildman–Crippen MR) is 109 cm³/mol. The molecule has 18 heteroatoms. The summed E-state index contributed by atoms with van der Waals surface area (Å²) in [5.41, 5.74) is 11.2. The normalized spacial score (nSPS) is 14.0. The van der Waals surface area contributed by atoms with Crippen LogP contribution >= 0.6 is 23.1 Å². The number of hydrogen-bond donors (Lipinski definition) is 4. The van der Waals surface area contributed by atoms with E-state index in [9.17, 15) is 35.6 Å². The van der Waals surface area contributed by atoms with E-state index in [1.165, 1.54) is 17.1 Å². The number of hydroxylamine groups is 1. The lowest BCUT2D eigenvalue weighted by Crippen LogP contribution is -2.41. The highest BCUT2D eigenvalue weighted by Crippen LogP contribution is 2.35. The Hall–Kier alpha value is -1.92. The number of sulfone groups is 1. The molecule has 178 valence electrons. The molecule has 0 bridgehead atoms. The van der Waals surface area contributed by atoms with E-state index in [1.807, 2.05) is 0 Å². The van der Waals surface area contributed by atoms with Crippen molar-refractivity contribution in [2.75, 3.05) is 36.0 Å². The van der Waals surface area contributed by atoms with E-state index in [-0.39, 0.29) is 16.2 Å². The number of aromatic nitrogens is 1. The van der Waals surface area contributed by atoms with Gasteiger partial charge in [-0.2, -0.15) is 38.8 Å². The average molecular weight is 514 g/mol. The number of anilines is 1. The van der Waals surface area contributed by atoms with Crippen LogP contribution in [0.1, 0.15) is 5.69 Å². The summed E-state index contributed by atoms with van der Waals surface area (Å²) in [6.45, 7) is -1.60. The number of guanidine groups is 2. The summed E-state index contributed by atoms with van der Waals surface area (Å²) in [5, 5.41) is 14.0. The first-order chi connectivity index (χ1) is 14.1. The molecule has 0 aliphatic rings. The van der Waals surface area contributed by atoms with Crippen molar-refractivity contribution in [1.29, 1.82) is 0 Å². The van der Waals surface area contributed by atoms with E-state index in [0.717, 1.165) is 17.6 Å². The van der Waals surface area contributed by atoms with Crippen LogP contribution in [0.25, 0.3) is 0 Å². The third-order valence-electron chi connectivity index (χ3n) is 3.06. The zero-order valence-electron chi connectivity index (χ0n) is 15.9. The smallest absolute Gasteiger partial charge is 0.370 e. The van der Waals surface area contributed by atoms with Gasteiger partial charge in [0.05, 0.1) is 5.69 Å². The number of nitrogens with two attached hydrogens (primary N) is 2. The molecular weight excluding hydrogens is 493 g/mol. The Morgan fingerprint density at radius 1 is 1.32 bits per heavy atom. The van der Waals surface area contributed by atoms with Gasteiger partial charge >= 0.3 is 12.1 Å². The minimum atomic E-state index is -5.79. The van der Waals surface area contributed by atoms with E-state index in [0.29, 0.717) is 23.7 Å². The van der Waals surface area contributed by atoms with Crippen LogP contribution in [0.2, 0.25) is 0 Å². The first-order valence-electron chi connectivity index (χ1n) is 8.09. The first-order valence-corrected chi connectivity index (χ1v) is 12.2. The van der Waals surface area contributed by atoms with Crippen LogP contribution in [0.5, 0.6) is 0 Å². The summed E-state index contributed by atoms with van der Waals surface area (Å²) in [4.78, 5) is 10.5. The standard InChI is InChI=1S/C13H20F5N7O3S3/c1-31(27,28)7-23-9(19)21-2-3-29-4-8-5-30-11(24-8)25(26)10(20)22-6-12(14,15)13(16,17)18/h5,26H,2-4,6-7H2,1H3,(H2,20,22)(H3,19,21,23). The maximum Gasteiger partial charge on any atom is 0.455 e. The Kier molecular flexibility index (Phi) is 9.70. The molecule has 31 heavy (non-hydrogen) atoms. The van der Waals surface area contributed by atoms with E-state index >= 15 is 0 Å². The molecule has 6 N–H and O–H groups in total. The summed E-state index contributed by atoms with van der Waals surface area (Å²) >= 11 is 2.26. The molecule has 0 unspecified atom stereocenters. The summed E-state index contributed by atoms with van der Waals surface area (Å²) < 4.78 is 84.0. The number of nitrogens with zero attached hydrogens (tertiary/aromatic N) is 4. The van der Waals surface area contributed by atoms with Crippen molar-refractivity contribution in [2.45, 2.75) is 17.9 Å². The first kappa shape index (κ1) is 27.1. The lowest BCUT2D eigenvalue weighted by atomic mass is 10.3. The minimum absolute atomic E-state index is 0.0243. The molecular formula is C13H20F5N7O3S3. The van der Waals surface area contributed by atoms with Gasteiger partial charge in [0.2, 0.25) is 11.1 Å². The van der Waals surface area contributed by atoms with Gasteiger partial charge in [-0.25, -0.2) is 23.4 Å². The van der Waals surface area contributed by atoms with E-state index in [1.54, 1.807) is 0 Å². The monoisotopic (exact) mass is 513 g/mol. The van der Waals surface area contributed by atoms with Gasteiger partial charge in [0, 0.05) is 29.7 Å². The zero-order chi connectivity index (χ0) is 23.9. The molecule has 0 aliphatic heterocycles. The van der Waals surface area contributed by atoms with Crippen LogP contribution in [0.4, 0.5) is 27.1 Å². The number of nitrogens with one attached hydrogen (secondary N) is 1. The Morgan fingerprint density at radius 3 is 2.55 bits per heavy atom. The molecule has 0 saturated heterocycles. The second-order valence-corrected chi connectivity index (χ2v) is 9.94. The highest BCUT2D eigenvalue weighted by molar-refractivity contribution is 7.98. The lowest BCUT2D eigenvalue weighted by Gasteiger charge is -2.18. The molecule has 0 aromatic carbocycles. The minimum Gasteiger partial charge on any atom is -0.370 e. The number of aliphatic imine (C=N–C) groups is 2. The maximum atomic E-state index is 12.9. The summed E-state index contributed by atoms with van der Waals surface area (Å²) in [7, 11) is -3.27. The van der Waals surface area contributed by atoms with Crippen LogP contribution in [-0.4, -0.2) is 73.6 Å². The summed E-state index contributed by atoms with van der Waals surface area (Å²) in [6, 6.07) is 0. The number of halogens is 5. The fourth-order valence-corrected chi connectivity index (χ4v) is 3.53. The third kappa shape index (κ3) is 9.83. The molecule has 0 fully saturated rings. The molecule has 0 aliphatic carbocycles. The van der Waals surface area contributed by atoms with Gasteiger partial charge in [0.25, 0.3) is 0 Å². The van der Waals surface area contributed by atoms with Crippen molar-refractivity contribution in [2.24, 2.45) is 21.5 Å². The zero-order valence-corrected chi connectivity index (χ0v) is 18.4. The summed E-state index contributed by atoms with van der Waals surface area (Å²) in [5.74, 6) is -5.61.